The summed E-state index contributed by atoms with van der Waals surface area (Å²) in [6, 6.07) is 0. The summed E-state index contributed by atoms with van der Waals surface area (Å²) in [6.07, 6.45) is 0.495. The predicted molar refractivity (Wildman–Crippen MR) is 56.0 cm³/mol. The first-order valence-corrected chi connectivity index (χ1v) is 5.31. The summed E-state index contributed by atoms with van der Waals surface area (Å²) < 4.78 is 3.35. The van der Waals surface area contributed by atoms with Crippen LogP contribution in [0.3, 0.4) is 0 Å². The van der Waals surface area contributed by atoms with Gasteiger partial charge in [0, 0.05) is 12.3 Å². The molecule has 0 bridgehead atoms. The zero-order valence-corrected chi connectivity index (χ0v) is 10.1. The van der Waals surface area contributed by atoms with Crippen LogP contribution >= 0.6 is 46.4 Å². The molecule has 0 fully saturated rings. The first-order valence-electron chi connectivity index (χ1n) is 3.58. The zero-order chi connectivity index (χ0) is 10.5. The molecule has 0 aromatic heterocycles. The molecule has 0 N–H and O–H groups in total. The van der Waals surface area contributed by atoms with Crippen molar-refractivity contribution in [3.63, 3.8) is 0 Å². The predicted octanol–water partition coefficient (Wildman–Crippen LogP) is 2.96. The molecule has 1 unspecified atom stereocenters. The average Bonchev–Trinajstić information content (AvgIpc) is 2.01. The quantitative estimate of drug-likeness (QED) is 0.566. The van der Waals surface area contributed by atoms with Crippen LogP contribution in [0.1, 0.15) is 12.8 Å². The first-order chi connectivity index (χ1) is 5.93. The fourth-order valence-corrected chi connectivity index (χ4v) is 2.24. The molecule has 13 heavy (non-hydrogen) atoms. The maximum absolute atomic E-state index is 10.9. The summed E-state index contributed by atoms with van der Waals surface area (Å²) in [5.74, 6) is -0.223. The summed E-state index contributed by atoms with van der Waals surface area (Å²) >= 11 is 22.8. The first kappa shape index (κ1) is 13.6. The SMILES string of the molecule is COC(=O)C(Cl)CC(Cl)(Cl)CCCl. The highest BCUT2D eigenvalue weighted by molar-refractivity contribution is 6.49. The van der Waals surface area contributed by atoms with Crippen molar-refractivity contribution in [1.29, 1.82) is 0 Å². The summed E-state index contributed by atoms with van der Waals surface area (Å²) in [7, 11) is 1.25. The molecule has 6 heteroatoms. The normalized spacial score (nSPS) is 13.9. The Morgan fingerprint density at radius 2 is 2.08 bits per heavy atom. The third kappa shape index (κ3) is 5.84. The van der Waals surface area contributed by atoms with Crippen LogP contribution in [0.2, 0.25) is 0 Å². The van der Waals surface area contributed by atoms with E-state index in [1.54, 1.807) is 0 Å². The topological polar surface area (TPSA) is 26.3 Å². The lowest BCUT2D eigenvalue weighted by Gasteiger charge is -2.19. The van der Waals surface area contributed by atoms with Crippen molar-refractivity contribution in [3.8, 4) is 0 Å². The van der Waals surface area contributed by atoms with Crippen molar-refractivity contribution in [2.24, 2.45) is 0 Å². The van der Waals surface area contributed by atoms with Crippen molar-refractivity contribution in [1.82, 2.24) is 0 Å². The molecule has 2 nitrogen and oxygen atoms in total. The van der Waals surface area contributed by atoms with E-state index in [0.29, 0.717) is 12.3 Å². The van der Waals surface area contributed by atoms with Gasteiger partial charge in [0.15, 0.2) is 0 Å². The lowest BCUT2D eigenvalue weighted by molar-refractivity contribution is -0.140. The Balaban J connectivity index is 4.02. The minimum Gasteiger partial charge on any atom is -0.468 e. The molecule has 0 amide bonds. The zero-order valence-electron chi connectivity index (χ0n) is 7.03. The van der Waals surface area contributed by atoms with Gasteiger partial charge in [-0.2, -0.15) is 0 Å². The number of alkyl halides is 4. The number of hydrogen-bond donors (Lipinski definition) is 0. The van der Waals surface area contributed by atoms with E-state index in [0.717, 1.165) is 0 Å². The van der Waals surface area contributed by atoms with E-state index in [2.05, 4.69) is 4.74 Å². The van der Waals surface area contributed by atoms with Gasteiger partial charge in [0.05, 0.1) is 7.11 Å². The Morgan fingerprint density at radius 3 is 2.46 bits per heavy atom. The highest BCUT2D eigenvalue weighted by Gasteiger charge is 2.30. The van der Waals surface area contributed by atoms with Crippen molar-refractivity contribution in [3.05, 3.63) is 0 Å². The van der Waals surface area contributed by atoms with Crippen LogP contribution in [-0.2, 0) is 9.53 Å². The molecule has 1 atom stereocenters. The van der Waals surface area contributed by atoms with Gasteiger partial charge in [0.25, 0.3) is 0 Å². The Bertz CT molecular complexity index is 172. The van der Waals surface area contributed by atoms with E-state index in [1.165, 1.54) is 7.11 Å². The Hall–Kier alpha value is 0.630. The van der Waals surface area contributed by atoms with Crippen molar-refractivity contribution in [2.45, 2.75) is 22.6 Å². The number of methoxy groups -OCH3 is 1. The standard InChI is InChI=1S/C7H10Cl4O2/c1-13-6(12)5(9)4-7(10,11)2-3-8/h5H,2-4H2,1H3. The van der Waals surface area contributed by atoms with E-state index in [4.69, 9.17) is 46.4 Å². The Labute approximate surface area is 97.4 Å². The monoisotopic (exact) mass is 266 g/mol. The maximum Gasteiger partial charge on any atom is 0.323 e. The highest BCUT2D eigenvalue weighted by atomic mass is 35.5. The largest absolute Gasteiger partial charge is 0.468 e. The molecule has 0 aromatic rings. The fraction of sp³-hybridized carbons (Fsp3) is 0.857. The van der Waals surface area contributed by atoms with Gasteiger partial charge in [-0.3, -0.25) is 4.79 Å². The number of carbonyl (C=O) groups excluding carboxylic acids is 1. The summed E-state index contributed by atoms with van der Waals surface area (Å²) in [4.78, 5) is 10.9. The second kappa shape index (κ2) is 6.18. The van der Waals surface area contributed by atoms with E-state index in [-0.39, 0.29) is 6.42 Å². The second-order valence-corrected chi connectivity index (χ2v) is 5.04. The van der Waals surface area contributed by atoms with Gasteiger partial charge in [-0.05, 0) is 6.42 Å². The molecule has 0 saturated heterocycles. The van der Waals surface area contributed by atoms with Crippen molar-refractivity contribution < 1.29 is 9.53 Å². The minimum absolute atomic E-state index is 0.122. The van der Waals surface area contributed by atoms with Gasteiger partial charge in [-0.1, -0.05) is 0 Å². The number of hydrogen-bond acceptors (Lipinski definition) is 2. The summed E-state index contributed by atoms with van der Waals surface area (Å²) in [5, 5.41) is -0.830. The summed E-state index contributed by atoms with van der Waals surface area (Å²) in [6.45, 7) is 0. The molecule has 0 saturated carbocycles. The molecule has 78 valence electrons. The minimum atomic E-state index is -1.07. The van der Waals surface area contributed by atoms with Gasteiger partial charge in [-0.25, -0.2) is 0 Å². The van der Waals surface area contributed by atoms with Crippen LogP contribution in [0.25, 0.3) is 0 Å². The summed E-state index contributed by atoms with van der Waals surface area (Å²) in [5.41, 5.74) is 0. The number of rotatable bonds is 5. The molecule has 0 aromatic carbocycles. The molecule has 0 spiro atoms. The molecule has 0 aliphatic heterocycles. The fourth-order valence-electron chi connectivity index (χ4n) is 0.714. The third-order valence-electron chi connectivity index (χ3n) is 1.40. The number of ether oxygens (including phenoxy) is 1. The van der Waals surface area contributed by atoms with Crippen LogP contribution in [0.5, 0.6) is 0 Å². The van der Waals surface area contributed by atoms with Gasteiger partial charge in [-0.15, -0.1) is 46.4 Å². The maximum atomic E-state index is 10.9. The highest BCUT2D eigenvalue weighted by Crippen LogP contribution is 2.32. The molecule has 0 rings (SSSR count). The van der Waals surface area contributed by atoms with E-state index in [1.807, 2.05) is 0 Å². The number of halogens is 4. The third-order valence-corrected chi connectivity index (χ3v) is 2.60. The van der Waals surface area contributed by atoms with E-state index >= 15 is 0 Å². The van der Waals surface area contributed by atoms with Gasteiger partial charge in [0.1, 0.15) is 9.71 Å². The molecular weight excluding hydrogens is 258 g/mol. The number of carbonyl (C=O) groups is 1. The molecule has 0 aliphatic rings. The molecule has 0 radical (unpaired) electrons. The van der Waals surface area contributed by atoms with Crippen LogP contribution in [0, 0.1) is 0 Å². The van der Waals surface area contributed by atoms with E-state index < -0.39 is 15.7 Å². The van der Waals surface area contributed by atoms with Crippen LogP contribution in [0.15, 0.2) is 0 Å². The molecule has 0 heterocycles. The van der Waals surface area contributed by atoms with Crippen LogP contribution in [-0.4, -0.2) is 28.7 Å². The second-order valence-electron chi connectivity index (χ2n) is 2.49. The lowest BCUT2D eigenvalue weighted by Crippen LogP contribution is -2.26. The van der Waals surface area contributed by atoms with E-state index in [9.17, 15) is 4.79 Å². The molecular formula is C7H10Cl4O2. The Kier molecular flexibility index (Phi) is 6.48. The van der Waals surface area contributed by atoms with Crippen LogP contribution in [0.4, 0.5) is 0 Å². The van der Waals surface area contributed by atoms with Gasteiger partial charge >= 0.3 is 5.97 Å². The Morgan fingerprint density at radius 1 is 1.54 bits per heavy atom. The van der Waals surface area contributed by atoms with Crippen molar-refractivity contribution in [2.75, 3.05) is 13.0 Å². The van der Waals surface area contributed by atoms with Crippen LogP contribution < -0.4 is 0 Å². The average molecular weight is 268 g/mol. The van der Waals surface area contributed by atoms with Gasteiger partial charge in [0.2, 0.25) is 0 Å². The number of esters is 1. The smallest absolute Gasteiger partial charge is 0.323 e. The van der Waals surface area contributed by atoms with Crippen molar-refractivity contribution >= 4 is 52.4 Å². The van der Waals surface area contributed by atoms with Gasteiger partial charge < -0.3 is 4.74 Å². The molecule has 0 aliphatic carbocycles. The lowest BCUT2D eigenvalue weighted by atomic mass is 10.2.